The van der Waals surface area contributed by atoms with Crippen molar-refractivity contribution in [2.75, 3.05) is 19.6 Å². The lowest BCUT2D eigenvalue weighted by Gasteiger charge is -2.43. The van der Waals surface area contributed by atoms with Gasteiger partial charge in [0.1, 0.15) is 0 Å². The van der Waals surface area contributed by atoms with Gasteiger partial charge in [0, 0.05) is 31.0 Å². The smallest absolute Gasteiger partial charge is 0.306 e. The van der Waals surface area contributed by atoms with Crippen molar-refractivity contribution < 1.29 is 14.7 Å². The molecule has 2 rings (SSSR count). The normalized spacial score (nSPS) is 30.7. The molecule has 2 aliphatic heterocycles. The van der Waals surface area contributed by atoms with Crippen LogP contribution in [0.3, 0.4) is 0 Å². The molecule has 0 spiro atoms. The van der Waals surface area contributed by atoms with Crippen molar-refractivity contribution >= 4 is 11.9 Å². The summed E-state index contributed by atoms with van der Waals surface area (Å²) in [5.74, 6) is -0.631. The number of aliphatic carboxylic acids is 1. The minimum absolute atomic E-state index is 0.127. The predicted molar refractivity (Wildman–Crippen MR) is 67.1 cm³/mol. The van der Waals surface area contributed by atoms with Gasteiger partial charge >= 0.3 is 5.97 Å². The summed E-state index contributed by atoms with van der Waals surface area (Å²) in [7, 11) is 0. The minimum atomic E-state index is -0.761. The van der Waals surface area contributed by atoms with E-state index in [0.717, 1.165) is 19.4 Å². The molecule has 3 unspecified atom stereocenters. The number of carbonyl (C=O) groups is 2. The Hall–Kier alpha value is -1.10. The van der Waals surface area contributed by atoms with Crippen LogP contribution in [0.4, 0.5) is 0 Å². The fourth-order valence-electron chi connectivity index (χ4n) is 2.82. The average Bonchev–Trinajstić information content (AvgIpc) is 2.26. The topological polar surface area (TPSA) is 69.6 Å². The van der Waals surface area contributed by atoms with Crippen molar-refractivity contribution in [3.8, 4) is 0 Å². The number of amides is 1. The van der Waals surface area contributed by atoms with Crippen LogP contribution in [0.15, 0.2) is 0 Å². The molecule has 0 radical (unpaired) electrons. The summed E-state index contributed by atoms with van der Waals surface area (Å²) < 4.78 is 0. The van der Waals surface area contributed by atoms with Gasteiger partial charge in [-0.15, -0.1) is 0 Å². The monoisotopic (exact) mass is 254 g/mol. The zero-order chi connectivity index (χ0) is 13.3. The fraction of sp³-hybridized carbons (Fsp3) is 0.846. The molecule has 5 nitrogen and oxygen atoms in total. The van der Waals surface area contributed by atoms with Gasteiger partial charge in [-0.3, -0.25) is 9.59 Å². The third-order valence-corrected chi connectivity index (χ3v) is 4.29. The van der Waals surface area contributed by atoms with E-state index in [-0.39, 0.29) is 23.7 Å². The van der Waals surface area contributed by atoms with Crippen molar-refractivity contribution in [2.45, 2.75) is 32.7 Å². The molecule has 0 aromatic carbocycles. The zero-order valence-corrected chi connectivity index (χ0v) is 11.1. The molecule has 102 valence electrons. The van der Waals surface area contributed by atoms with Gasteiger partial charge in [-0.2, -0.15) is 0 Å². The molecule has 3 atom stereocenters. The number of rotatable bonds is 3. The van der Waals surface area contributed by atoms with E-state index in [0.29, 0.717) is 19.1 Å². The highest BCUT2D eigenvalue weighted by Gasteiger charge is 2.39. The molecule has 2 heterocycles. The molecule has 2 saturated heterocycles. The number of hydrogen-bond donors (Lipinski definition) is 2. The molecule has 2 aliphatic rings. The number of nitrogens with one attached hydrogen (secondary N) is 1. The van der Waals surface area contributed by atoms with Crippen LogP contribution in [0.2, 0.25) is 0 Å². The van der Waals surface area contributed by atoms with Crippen LogP contribution in [0.25, 0.3) is 0 Å². The van der Waals surface area contributed by atoms with Gasteiger partial charge in [0.2, 0.25) is 5.91 Å². The molecule has 0 saturated carbocycles. The van der Waals surface area contributed by atoms with Gasteiger partial charge in [0.25, 0.3) is 0 Å². The van der Waals surface area contributed by atoms with E-state index in [4.69, 9.17) is 5.11 Å². The maximum Gasteiger partial charge on any atom is 0.306 e. The van der Waals surface area contributed by atoms with Crippen LogP contribution < -0.4 is 5.32 Å². The minimum Gasteiger partial charge on any atom is -0.481 e. The molecule has 5 heteroatoms. The number of hydrogen-bond acceptors (Lipinski definition) is 3. The molecule has 0 aromatic heterocycles. The molecule has 0 aromatic rings. The standard InChI is InChI=1S/C13H22N2O3/c1-8-5-10(3-4-14-8)12(16)15-6-11(7-15)9(2)13(17)18/h8-11,14H,3-7H2,1-2H3,(H,17,18). The quantitative estimate of drug-likeness (QED) is 0.772. The molecule has 2 fully saturated rings. The molecule has 0 bridgehead atoms. The maximum atomic E-state index is 12.2. The van der Waals surface area contributed by atoms with Gasteiger partial charge in [-0.1, -0.05) is 6.92 Å². The Labute approximate surface area is 108 Å². The summed E-state index contributed by atoms with van der Waals surface area (Å²) in [6.07, 6.45) is 1.80. The van der Waals surface area contributed by atoms with Gasteiger partial charge in [-0.25, -0.2) is 0 Å². The van der Waals surface area contributed by atoms with Crippen LogP contribution in [0, 0.1) is 17.8 Å². The van der Waals surface area contributed by atoms with Gasteiger partial charge < -0.3 is 15.3 Å². The number of carboxylic acids is 1. The number of carboxylic acid groups (broad SMARTS) is 1. The Morgan fingerprint density at radius 1 is 1.39 bits per heavy atom. The van der Waals surface area contributed by atoms with E-state index in [1.54, 1.807) is 6.92 Å². The van der Waals surface area contributed by atoms with Crippen molar-refractivity contribution in [1.82, 2.24) is 10.2 Å². The van der Waals surface area contributed by atoms with Crippen LogP contribution in [0.5, 0.6) is 0 Å². The summed E-state index contributed by atoms with van der Waals surface area (Å²) in [4.78, 5) is 24.9. The van der Waals surface area contributed by atoms with Gasteiger partial charge in [-0.05, 0) is 26.3 Å². The largest absolute Gasteiger partial charge is 0.481 e. The average molecular weight is 254 g/mol. The summed E-state index contributed by atoms with van der Waals surface area (Å²) in [5, 5.41) is 12.2. The highest BCUT2D eigenvalue weighted by atomic mass is 16.4. The van der Waals surface area contributed by atoms with Crippen LogP contribution in [-0.4, -0.2) is 47.6 Å². The summed E-state index contributed by atoms with van der Waals surface area (Å²) in [6.45, 7) is 5.96. The van der Waals surface area contributed by atoms with E-state index in [1.165, 1.54) is 0 Å². The van der Waals surface area contributed by atoms with Crippen LogP contribution in [0.1, 0.15) is 26.7 Å². The van der Waals surface area contributed by atoms with Crippen LogP contribution >= 0.6 is 0 Å². The number of carbonyl (C=O) groups excluding carboxylic acids is 1. The number of likely N-dealkylation sites (tertiary alicyclic amines) is 1. The first kappa shape index (κ1) is 13.3. The van der Waals surface area contributed by atoms with Crippen LogP contribution in [-0.2, 0) is 9.59 Å². The van der Waals surface area contributed by atoms with Gasteiger partial charge in [0.15, 0.2) is 0 Å². The number of nitrogens with zero attached hydrogens (tertiary/aromatic N) is 1. The highest BCUT2D eigenvalue weighted by molar-refractivity contribution is 5.80. The van der Waals surface area contributed by atoms with Gasteiger partial charge in [0.05, 0.1) is 5.92 Å². The third kappa shape index (κ3) is 2.66. The maximum absolute atomic E-state index is 12.2. The second-order valence-corrected chi connectivity index (χ2v) is 5.71. The summed E-state index contributed by atoms with van der Waals surface area (Å²) >= 11 is 0. The third-order valence-electron chi connectivity index (χ3n) is 4.29. The lowest BCUT2D eigenvalue weighted by Crippen LogP contribution is -2.56. The Kier molecular flexibility index (Phi) is 3.90. The predicted octanol–water partition coefficient (Wildman–Crippen LogP) is 0.554. The lowest BCUT2D eigenvalue weighted by molar-refractivity contribution is -0.152. The Morgan fingerprint density at radius 2 is 2.06 bits per heavy atom. The van der Waals surface area contributed by atoms with E-state index < -0.39 is 5.97 Å². The molecular formula is C13H22N2O3. The van der Waals surface area contributed by atoms with E-state index in [1.807, 2.05) is 4.90 Å². The Bertz CT molecular complexity index is 339. The lowest BCUT2D eigenvalue weighted by atomic mass is 9.84. The second kappa shape index (κ2) is 5.26. The van der Waals surface area contributed by atoms with Crippen molar-refractivity contribution in [2.24, 2.45) is 17.8 Å². The molecular weight excluding hydrogens is 232 g/mol. The first-order valence-corrected chi connectivity index (χ1v) is 6.74. The molecule has 0 aliphatic carbocycles. The number of piperidine rings is 1. The summed E-state index contributed by atoms with van der Waals surface area (Å²) in [6, 6.07) is 0.405. The van der Waals surface area contributed by atoms with E-state index in [9.17, 15) is 9.59 Å². The SMILES string of the molecule is CC1CC(C(=O)N2CC(C(C)C(=O)O)C2)CCN1. The van der Waals surface area contributed by atoms with Crippen molar-refractivity contribution in [1.29, 1.82) is 0 Å². The van der Waals surface area contributed by atoms with E-state index in [2.05, 4.69) is 12.2 Å². The fourth-order valence-corrected chi connectivity index (χ4v) is 2.82. The molecule has 2 N–H and O–H groups in total. The zero-order valence-electron chi connectivity index (χ0n) is 11.1. The highest BCUT2D eigenvalue weighted by Crippen LogP contribution is 2.28. The Balaban J connectivity index is 1.81. The van der Waals surface area contributed by atoms with Crippen molar-refractivity contribution in [3.63, 3.8) is 0 Å². The van der Waals surface area contributed by atoms with Crippen molar-refractivity contribution in [3.05, 3.63) is 0 Å². The summed E-state index contributed by atoms with van der Waals surface area (Å²) in [5.41, 5.74) is 0. The molecule has 1 amide bonds. The molecule has 18 heavy (non-hydrogen) atoms. The first-order chi connectivity index (χ1) is 8.49. The first-order valence-electron chi connectivity index (χ1n) is 6.74. The second-order valence-electron chi connectivity index (χ2n) is 5.71. The Morgan fingerprint density at radius 3 is 2.61 bits per heavy atom. The van der Waals surface area contributed by atoms with E-state index >= 15 is 0 Å².